The normalized spacial score (nSPS) is 23.1. The van der Waals surface area contributed by atoms with Crippen molar-refractivity contribution in [2.45, 2.75) is 17.7 Å². The van der Waals surface area contributed by atoms with Gasteiger partial charge in [0.1, 0.15) is 17.2 Å². The van der Waals surface area contributed by atoms with Crippen LogP contribution in [-0.2, 0) is 24.2 Å². The van der Waals surface area contributed by atoms with Gasteiger partial charge in [0.2, 0.25) is 11.8 Å². The molecule has 1 aromatic heterocycles. The van der Waals surface area contributed by atoms with Crippen molar-refractivity contribution in [2.75, 3.05) is 12.5 Å². The largest absolute Gasteiger partial charge is 0.480 e. The van der Waals surface area contributed by atoms with Crippen molar-refractivity contribution in [3.63, 3.8) is 0 Å². The molecule has 1 unspecified atom stereocenters. The van der Waals surface area contributed by atoms with Crippen LogP contribution in [0, 0.1) is 0 Å². The van der Waals surface area contributed by atoms with Crippen molar-refractivity contribution in [1.82, 2.24) is 9.88 Å². The van der Waals surface area contributed by atoms with Crippen LogP contribution in [0.25, 0.3) is 6.08 Å². The molecule has 1 fully saturated rings. The average Bonchev–Trinajstić information content (AvgIpc) is 2.85. The zero-order valence-electron chi connectivity index (χ0n) is 15.1. The maximum absolute atomic E-state index is 12.5. The number of rotatable bonds is 6. The summed E-state index contributed by atoms with van der Waals surface area (Å²) in [5, 5.41) is 9.53. The monoisotopic (exact) mass is 426 g/mol. The van der Waals surface area contributed by atoms with Crippen LogP contribution in [0.4, 0.5) is 4.79 Å². The number of aromatic nitrogens is 1. The summed E-state index contributed by atoms with van der Waals surface area (Å²) in [7, 11) is -4.19. The van der Waals surface area contributed by atoms with Crippen LogP contribution in [0.3, 0.4) is 0 Å². The Hall–Kier alpha value is -3.48. The molecule has 0 saturated carbocycles. The fourth-order valence-electron chi connectivity index (χ4n) is 2.82. The number of pyridine rings is 1. The first kappa shape index (κ1) is 21.8. The molecule has 156 valence electrons. The Morgan fingerprint density at radius 2 is 2.03 bits per heavy atom. The highest BCUT2D eigenvalue weighted by atomic mass is 32.2. The molecule has 0 aliphatic carbocycles. The van der Waals surface area contributed by atoms with E-state index in [1.807, 2.05) is 0 Å². The lowest BCUT2D eigenvalue weighted by Crippen LogP contribution is -2.54. The third-order valence-electron chi connectivity index (χ3n) is 4.39. The molecule has 1 aromatic rings. The van der Waals surface area contributed by atoms with E-state index in [9.17, 15) is 32.7 Å². The number of sulfone groups is 1. The molecule has 12 nitrogen and oxygen atoms in total. The van der Waals surface area contributed by atoms with Crippen molar-refractivity contribution in [1.29, 1.82) is 0 Å². The zero-order chi connectivity index (χ0) is 22.0. The van der Waals surface area contributed by atoms with E-state index in [1.165, 1.54) is 24.4 Å². The number of nitrogens with two attached hydrogens (primary N) is 2. The van der Waals surface area contributed by atoms with E-state index >= 15 is 0 Å². The van der Waals surface area contributed by atoms with Gasteiger partial charge < -0.3 is 26.2 Å². The van der Waals surface area contributed by atoms with Crippen molar-refractivity contribution in [2.24, 2.45) is 11.5 Å². The third-order valence-corrected chi connectivity index (χ3v) is 6.77. The number of aliphatic carboxylic acids is 1. The van der Waals surface area contributed by atoms with Crippen LogP contribution < -0.4 is 11.5 Å². The van der Waals surface area contributed by atoms with Crippen LogP contribution in [-0.4, -0.2) is 70.6 Å². The van der Waals surface area contributed by atoms with Crippen LogP contribution >= 0.6 is 0 Å². The minimum Gasteiger partial charge on any atom is -0.480 e. The zero-order valence-corrected chi connectivity index (χ0v) is 16.0. The Balaban J connectivity index is 2.34. The van der Waals surface area contributed by atoms with Gasteiger partial charge in [-0.3, -0.25) is 14.6 Å². The second-order valence-electron chi connectivity index (χ2n) is 6.38. The van der Waals surface area contributed by atoms with Gasteiger partial charge in [-0.2, -0.15) is 0 Å². The van der Waals surface area contributed by atoms with Crippen molar-refractivity contribution >= 4 is 39.8 Å². The predicted molar refractivity (Wildman–Crippen MR) is 97.8 cm³/mol. The molecular weight excluding hydrogens is 408 g/mol. The summed E-state index contributed by atoms with van der Waals surface area (Å²) >= 11 is 0. The van der Waals surface area contributed by atoms with E-state index in [0.717, 1.165) is 13.0 Å². The number of amides is 3. The van der Waals surface area contributed by atoms with Crippen LogP contribution in [0.5, 0.6) is 0 Å². The molecule has 1 aliphatic rings. The minimum atomic E-state index is -4.19. The number of carboxylic acid groups (broad SMARTS) is 1. The summed E-state index contributed by atoms with van der Waals surface area (Å²) in [4.78, 5) is 50.8. The maximum Gasteiger partial charge on any atom is 0.404 e. The van der Waals surface area contributed by atoms with E-state index in [4.69, 9.17) is 11.5 Å². The van der Waals surface area contributed by atoms with E-state index in [1.54, 1.807) is 0 Å². The fraction of sp³-hybridized carbons (Fsp3) is 0.312. The molecule has 2 atom stereocenters. The lowest BCUT2D eigenvalue weighted by molar-refractivity contribution is -0.148. The van der Waals surface area contributed by atoms with Crippen LogP contribution in [0.1, 0.15) is 23.0 Å². The Labute approximate surface area is 165 Å². The first-order chi connectivity index (χ1) is 13.4. The fourth-order valence-corrected chi connectivity index (χ4v) is 4.56. The highest BCUT2D eigenvalue weighted by molar-refractivity contribution is 7.93. The van der Waals surface area contributed by atoms with E-state index in [-0.39, 0.29) is 11.3 Å². The van der Waals surface area contributed by atoms with Gasteiger partial charge >= 0.3 is 12.1 Å². The summed E-state index contributed by atoms with van der Waals surface area (Å²) in [5.41, 5.74) is 10.3. The van der Waals surface area contributed by atoms with Gasteiger partial charge in [0, 0.05) is 17.8 Å². The lowest BCUT2D eigenvalue weighted by atomic mass is 10.0. The molecule has 0 spiro atoms. The summed E-state index contributed by atoms with van der Waals surface area (Å²) in [5.74, 6) is -4.15. The van der Waals surface area contributed by atoms with Gasteiger partial charge in [-0.05, 0) is 25.1 Å². The topological polar surface area (TPSA) is 200 Å². The SMILES string of the molecule is CC1(COC(N)=O)[C@H](C(=O)O)N(C(=O)/C=C/c2cc(C(N)=O)ccn2)CS1(=O)=O. The summed E-state index contributed by atoms with van der Waals surface area (Å²) in [6.07, 6.45) is 2.09. The molecule has 1 saturated heterocycles. The smallest absolute Gasteiger partial charge is 0.404 e. The van der Waals surface area contributed by atoms with E-state index < -0.39 is 57.0 Å². The molecule has 29 heavy (non-hydrogen) atoms. The van der Waals surface area contributed by atoms with Crippen molar-refractivity contribution in [3.05, 3.63) is 35.7 Å². The van der Waals surface area contributed by atoms with Gasteiger partial charge in [0.05, 0.1) is 5.69 Å². The maximum atomic E-state index is 12.5. The van der Waals surface area contributed by atoms with Gasteiger partial charge in [0.15, 0.2) is 15.9 Å². The van der Waals surface area contributed by atoms with Crippen LogP contribution in [0.15, 0.2) is 24.4 Å². The van der Waals surface area contributed by atoms with E-state index in [2.05, 4.69) is 9.72 Å². The quantitative estimate of drug-likeness (QED) is 0.463. The van der Waals surface area contributed by atoms with Crippen molar-refractivity contribution < 1.29 is 37.4 Å². The predicted octanol–water partition coefficient (Wildman–Crippen LogP) is -1.28. The average molecular weight is 426 g/mol. The Kier molecular flexibility index (Phi) is 5.92. The number of hydrogen-bond donors (Lipinski definition) is 3. The Morgan fingerprint density at radius 3 is 2.59 bits per heavy atom. The molecule has 13 heteroatoms. The molecule has 2 heterocycles. The molecule has 1 aliphatic heterocycles. The lowest BCUT2D eigenvalue weighted by Gasteiger charge is -2.28. The first-order valence-corrected chi connectivity index (χ1v) is 9.66. The van der Waals surface area contributed by atoms with Crippen molar-refractivity contribution in [3.8, 4) is 0 Å². The highest BCUT2D eigenvalue weighted by Crippen LogP contribution is 2.35. The third kappa shape index (κ3) is 4.34. The number of primary amides is 2. The van der Waals surface area contributed by atoms with Gasteiger partial charge in [-0.15, -0.1) is 0 Å². The van der Waals surface area contributed by atoms with Gasteiger partial charge in [0.25, 0.3) is 0 Å². The number of nitrogens with zero attached hydrogens (tertiary/aromatic N) is 2. The minimum absolute atomic E-state index is 0.135. The molecule has 0 bridgehead atoms. The number of carbonyl (C=O) groups excluding carboxylic acids is 3. The van der Waals surface area contributed by atoms with E-state index in [0.29, 0.717) is 4.90 Å². The molecule has 2 rings (SSSR count). The second-order valence-corrected chi connectivity index (χ2v) is 8.80. The first-order valence-electron chi connectivity index (χ1n) is 8.01. The van der Waals surface area contributed by atoms with Crippen LogP contribution in [0.2, 0.25) is 0 Å². The van der Waals surface area contributed by atoms with Gasteiger partial charge in [-0.25, -0.2) is 18.0 Å². The number of carboxylic acids is 1. The molecule has 0 aromatic carbocycles. The standard InChI is InChI=1S/C16H18N4O8S/c1-16(7-28-15(18)25)12(14(23)24)20(8-29(16,26)27)11(21)3-2-10-6-9(13(17)22)4-5-19-10/h2-6,12H,7-8H2,1H3,(H2,17,22)(H2,18,25)(H,23,24)/b3-2+/t12-,16?/m0/s1. The highest BCUT2D eigenvalue weighted by Gasteiger charge is 2.61. The summed E-state index contributed by atoms with van der Waals surface area (Å²) in [6.45, 7) is 0.219. The number of carbonyl (C=O) groups is 4. The second kappa shape index (κ2) is 7.87. The number of ether oxygens (including phenoxy) is 1. The summed E-state index contributed by atoms with van der Waals surface area (Å²) < 4.78 is 27.5. The molecule has 5 N–H and O–H groups in total. The molecular formula is C16H18N4O8S. The van der Waals surface area contributed by atoms with Gasteiger partial charge in [-0.1, -0.05) is 0 Å². The molecule has 3 amide bonds. The number of hydrogen-bond acceptors (Lipinski definition) is 8. The Morgan fingerprint density at radius 1 is 1.38 bits per heavy atom. The Bertz CT molecular complexity index is 1010. The molecule has 0 radical (unpaired) electrons. The summed E-state index contributed by atoms with van der Waals surface area (Å²) in [6, 6.07) is 0.833.